The predicted octanol–water partition coefficient (Wildman–Crippen LogP) is 2.14. The van der Waals surface area contributed by atoms with Crippen LogP contribution in [-0.4, -0.2) is 40.4 Å². The second-order valence-corrected chi connectivity index (χ2v) is 5.49. The molecule has 17 heavy (non-hydrogen) atoms. The number of fused-ring (bicyclic) bond motifs is 1. The van der Waals surface area contributed by atoms with E-state index in [1.807, 2.05) is 4.90 Å². The van der Waals surface area contributed by atoms with Gasteiger partial charge in [0.1, 0.15) is 6.04 Å². The molecule has 2 heterocycles. The van der Waals surface area contributed by atoms with Crippen molar-refractivity contribution in [1.82, 2.24) is 9.80 Å². The van der Waals surface area contributed by atoms with Crippen LogP contribution in [0.25, 0.3) is 0 Å². The van der Waals surface area contributed by atoms with Crippen LogP contribution >= 0.6 is 0 Å². The van der Waals surface area contributed by atoms with Gasteiger partial charge in [0.25, 0.3) is 5.91 Å². The molecule has 3 rings (SSSR count). The maximum absolute atomic E-state index is 12.4. The molecule has 0 radical (unpaired) electrons. The van der Waals surface area contributed by atoms with Crippen LogP contribution in [-0.2, 0) is 4.79 Å². The quantitative estimate of drug-likeness (QED) is 0.654. The number of rotatable bonds is 1. The molecule has 4 nitrogen and oxygen atoms in total. The van der Waals surface area contributed by atoms with Crippen LogP contribution in [0, 0.1) is 0 Å². The van der Waals surface area contributed by atoms with E-state index in [0.29, 0.717) is 0 Å². The fourth-order valence-electron chi connectivity index (χ4n) is 3.49. The Kier molecular flexibility index (Phi) is 2.81. The number of hydrogen-bond acceptors (Lipinski definition) is 2. The standard InChI is InChI=1S/C13H20N2O2/c16-12-11-8-2-1-5-9-14(11)13(17)15(12)10-6-3-4-7-10/h10-11H,1-9H2. The highest BCUT2D eigenvalue weighted by Crippen LogP contribution is 2.32. The second-order valence-electron chi connectivity index (χ2n) is 5.49. The zero-order valence-electron chi connectivity index (χ0n) is 10.2. The van der Waals surface area contributed by atoms with Crippen LogP contribution in [0.15, 0.2) is 0 Å². The van der Waals surface area contributed by atoms with E-state index in [1.165, 1.54) is 0 Å². The third kappa shape index (κ3) is 1.74. The summed E-state index contributed by atoms with van der Waals surface area (Å²) in [6, 6.07) is 0.0568. The normalized spacial score (nSPS) is 30.9. The molecule has 0 bridgehead atoms. The molecule has 1 atom stereocenters. The minimum atomic E-state index is -0.134. The molecule has 0 aromatic rings. The SMILES string of the molecule is O=C1C2CCCCCN2C(=O)N1C1CCCC1. The monoisotopic (exact) mass is 236 g/mol. The predicted molar refractivity (Wildman–Crippen MR) is 63.5 cm³/mol. The zero-order chi connectivity index (χ0) is 11.8. The molecule has 2 aliphatic heterocycles. The molecule has 4 heteroatoms. The van der Waals surface area contributed by atoms with Crippen LogP contribution < -0.4 is 0 Å². The van der Waals surface area contributed by atoms with Crippen molar-refractivity contribution in [2.75, 3.05) is 6.54 Å². The maximum atomic E-state index is 12.4. The molecule has 0 spiro atoms. The largest absolute Gasteiger partial charge is 0.327 e. The van der Waals surface area contributed by atoms with Gasteiger partial charge < -0.3 is 4.90 Å². The molecule has 1 unspecified atom stereocenters. The van der Waals surface area contributed by atoms with Crippen LogP contribution in [0.2, 0.25) is 0 Å². The zero-order valence-corrected chi connectivity index (χ0v) is 10.2. The highest BCUT2D eigenvalue weighted by atomic mass is 16.2. The lowest BCUT2D eigenvalue weighted by atomic mass is 10.1. The van der Waals surface area contributed by atoms with Gasteiger partial charge in [-0.3, -0.25) is 9.69 Å². The summed E-state index contributed by atoms with van der Waals surface area (Å²) in [5, 5.41) is 0. The summed E-state index contributed by atoms with van der Waals surface area (Å²) < 4.78 is 0. The molecule has 0 N–H and O–H groups in total. The smallest absolute Gasteiger partial charge is 0.312 e. The molecular weight excluding hydrogens is 216 g/mol. The average molecular weight is 236 g/mol. The Bertz CT molecular complexity index is 312. The van der Waals surface area contributed by atoms with Crippen LogP contribution in [0.1, 0.15) is 51.4 Å². The highest BCUT2D eigenvalue weighted by Gasteiger charge is 2.48. The molecule has 1 aliphatic carbocycles. The topological polar surface area (TPSA) is 40.6 Å². The van der Waals surface area contributed by atoms with E-state index in [9.17, 15) is 9.59 Å². The van der Waals surface area contributed by atoms with Crippen LogP contribution in [0.4, 0.5) is 4.79 Å². The Morgan fingerprint density at radius 1 is 0.882 bits per heavy atom. The van der Waals surface area contributed by atoms with Gasteiger partial charge in [-0.25, -0.2) is 4.79 Å². The molecule has 94 valence electrons. The van der Waals surface area contributed by atoms with E-state index in [1.54, 1.807) is 4.90 Å². The van der Waals surface area contributed by atoms with Gasteiger partial charge >= 0.3 is 6.03 Å². The Morgan fingerprint density at radius 3 is 2.35 bits per heavy atom. The Balaban J connectivity index is 1.82. The number of imide groups is 1. The Labute approximate surface area is 102 Å². The van der Waals surface area contributed by atoms with Crippen LogP contribution in [0.3, 0.4) is 0 Å². The Morgan fingerprint density at radius 2 is 1.59 bits per heavy atom. The summed E-state index contributed by atoms with van der Waals surface area (Å²) in [7, 11) is 0. The van der Waals surface area contributed by atoms with Crippen molar-refractivity contribution in [3.63, 3.8) is 0 Å². The summed E-state index contributed by atoms with van der Waals surface area (Å²) in [6.45, 7) is 0.776. The van der Waals surface area contributed by atoms with Gasteiger partial charge in [0, 0.05) is 12.6 Å². The molecule has 0 aromatic heterocycles. The van der Waals surface area contributed by atoms with E-state index in [-0.39, 0.29) is 24.0 Å². The van der Waals surface area contributed by atoms with Crippen molar-refractivity contribution >= 4 is 11.9 Å². The van der Waals surface area contributed by atoms with E-state index in [2.05, 4.69) is 0 Å². The van der Waals surface area contributed by atoms with E-state index in [4.69, 9.17) is 0 Å². The fourth-order valence-corrected chi connectivity index (χ4v) is 3.49. The summed E-state index contributed by atoms with van der Waals surface area (Å²) in [4.78, 5) is 28.1. The summed E-state index contributed by atoms with van der Waals surface area (Å²) in [6.07, 6.45) is 8.49. The minimum absolute atomic E-state index is 0.00574. The van der Waals surface area contributed by atoms with Gasteiger partial charge in [-0.1, -0.05) is 25.7 Å². The van der Waals surface area contributed by atoms with E-state index < -0.39 is 0 Å². The van der Waals surface area contributed by atoms with Crippen molar-refractivity contribution in [1.29, 1.82) is 0 Å². The molecule has 0 aromatic carbocycles. The third-order valence-corrected chi connectivity index (χ3v) is 4.42. The number of hydrogen-bond donors (Lipinski definition) is 0. The number of carbonyl (C=O) groups excluding carboxylic acids is 2. The van der Waals surface area contributed by atoms with Crippen molar-refractivity contribution in [2.45, 2.75) is 63.5 Å². The van der Waals surface area contributed by atoms with Gasteiger partial charge in [0.2, 0.25) is 0 Å². The fraction of sp³-hybridized carbons (Fsp3) is 0.846. The van der Waals surface area contributed by atoms with E-state index in [0.717, 1.165) is 57.9 Å². The minimum Gasteiger partial charge on any atom is -0.312 e. The lowest BCUT2D eigenvalue weighted by Crippen LogP contribution is -2.40. The molecular formula is C13H20N2O2. The number of urea groups is 1. The first-order valence-corrected chi connectivity index (χ1v) is 6.93. The second kappa shape index (κ2) is 4.31. The summed E-state index contributed by atoms with van der Waals surface area (Å²) in [5.74, 6) is 0.0869. The van der Waals surface area contributed by atoms with Gasteiger partial charge in [-0.2, -0.15) is 0 Å². The molecule has 3 fully saturated rings. The number of carbonyl (C=O) groups is 2. The first-order valence-electron chi connectivity index (χ1n) is 6.93. The molecule has 3 aliphatic rings. The van der Waals surface area contributed by atoms with Crippen LogP contribution in [0.5, 0.6) is 0 Å². The van der Waals surface area contributed by atoms with Gasteiger partial charge in [-0.15, -0.1) is 0 Å². The van der Waals surface area contributed by atoms with E-state index >= 15 is 0 Å². The van der Waals surface area contributed by atoms with Gasteiger partial charge in [0.15, 0.2) is 0 Å². The lowest BCUT2D eigenvalue weighted by molar-refractivity contribution is -0.129. The van der Waals surface area contributed by atoms with Crippen molar-refractivity contribution in [3.8, 4) is 0 Å². The molecule has 3 amide bonds. The lowest BCUT2D eigenvalue weighted by Gasteiger charge is -2.22. The first kappa shape index (κ1) is 11.1. The molecule has 2 saturated heterocycles. The molecule has 1 saturated carbocycles. The van der Waals surface area contributed by atoms with Crippen molar-refractivity contribution < 1.29 is 9.59 Å². The highest BCUT2D eigenvalue weighted by molar-refractivity contribution is 6.04. The summed E-state index contributed by atoms with van der Waals surface area (Å²) >= 11 is 0. The first-order chi connectivity index (χ1) is 8.29. The van der Waals surface area contributed by atoms with Gasteiger partial charge in [-0.05, 0) is 25.7 Å². The number of amides is 3. The Hall–Kier alpha value is -1.06. The summed E-state index contributed by atoms with van der Waals surface area (Å²) in [5.41, 5.74) is 0. The average Bonchev–Trinajstić information content (AvgIpc) is 2.81. The van der Waals surface area contributed by atoms with Crippen molar-refractivity contribution in [3.05, 3.63) is 0 Å². The third-order valence-electron chi connectivity index (χ3n) is 4.42. The number of nitrogens with zero attached hydrogens (tertiary/aromatic N) is 2. The van der Waals surface area contributed by atoms with Gasteiger partial charge in [0.05, 0.1) is 0 Å². The maximum Gasteiger partial charge on any atom is 0.327 e. The van der Waals surface area contributed by atoms with Crippen molar-refractivity contribution in [2.24, 2.45) is 0 Å².